The standard InChI is InChI=1S/C18H22FNO4S/c1-12(2)9-13-5-7-14(8-6-13)25(21,22)20-16-11-18(24-4)17(23-3)10-15(16)19/h5-8,10-12,20H,9H2,1-4H3. The molecule has 136 valence electrons. The predicted molar refractivity (Wildman–Crippen MR) is 95.3 cm³/mol. The smallest absolute Gasteiger partial charge is 0.261 e. The van der Waals surface area contributed by atoms with E-state index in [1.165, 1.54) is 32.4 Å². The summed E-state index contributed by atoms with van der Waals surface area (Å²) in [6.07, 6.45) is 0.859. The van der Waals surface area contributed by atoms with Crippen molar-refractivity contribution in [2.75, 3.05) is 18.9 Å². The third kappa shape index (κ3) is 4.63. The third-order valence-corrected chi connectivity index (χ3v) is 4.98. The molecule has 2 rings (SSSR count). The van der Waals surface area contributed by atoms with Crippen molar-refractivity contribution in [2.45, 2.75) is 25.2 Å². The van der Waals surface area contributed by atoms with Crippen LogP contribution in [0.4, 0.5) is 10.1 Å². The fourth-order valence-electron chi connectivity index (χ4n) is 2.41. The molecule has 5 nitrogen and oxygen atoms in total. The molecule has 25 heavy (non-hydrogen) atoms. The Morgan fingerprint density at radius 1 is 1.04 bits per heavy atom. The molecule has 0 heterocycles. The number of ether oxygens (including phenoxy) is 2. The highest BCUT2D eigenvalue weighted by molar-refractivity contribution is 7.92. The van der Waals surface area contributed by atoms with E-state index in [9.17, 15) is 12.8 Å². The van der Waals surface area contributed by atoms with Gasteiger partial charge in [-0.2, -0.15) is 0 Å². The lowest BCUT2D eigenvalue weighted by Gasteiger charge is -2.13. The first-order chi connectivity index (χ1) is 11.8. The molecule has 0 bridgehead atoms. The van der Waals surface area contributed by atoms with Crippen LogP contribution in [0.5, 0.6) is 11.5 Å². The van der Waals surface area contributed by atoms with E-state index in [2.05, 4.69) is 18.6 Å². The largest absolute Gasteiger partial charge is 0.493 e. The monoisotopic (exact) mass is 367 g/mol. The Balaban J connectivity index is 2.29. The van der Waals surface area contributed by atoms with Crippen LogP contribution in [0, 0.1) is 11.7 Å². The number of methoxy groups -OCH3 is 2. The van der Waals surface area contributed by atoms with Gasteiger partial charge in [0.2, 0.25) is 0 Å². The van der Waals surface area contributed by atoms with Crippen LogP contribution >= 0.6 is 0 Å². The molecule has 0 saturated heterocycles. The molecule has 7 heteroatoms. The van der Waals surface area contributed by atoms with Gasteiger partial charge in [-0.3, -0.25) is 4.72 Å². The van der Waals surface area contributed by atoms with E-state index >= 15 is 0 Å². The second-order valence-corrected chi connectivity index (χ2v) is 7.72. The van der Waals surface area contributed by atoms with Crippen molar-refractivity contribution in [2.24, 2.45) is 5.92 Å². The zero-order chi connectivity index (χ0) is 18.6. The first kappa shape index (κ1) is 19.1. The maximum absolute atomic E-state index is 14.1. The summed E-state index contributed by atoms with van der Waals surface area (Å²) in [7, 11) is -1.15. The average Bonchev–Trinajstić information content (AvgIpc) is 2.56. The van der Waals surface area contributed by atoms with Crippen molar-refractivity contribution in [1.82, 2.24) is 0 Å². The van der Waals surface area contributed by atoms with Gasteiger partial charge in [-0.15, -0.1) is 0 Å². The van der Waals surface area contributed by atoms with Crippen LogP contribution in [-0.4, -0.2) is 22.6 Å². The Labute approximate surface area is 147 Å². The maximum atomic E-state index is 14.1. The van der Waals surface area contributed by atoms with Gasteiger partial charge in [-0.1, -0.05) is 26.0 Å². The molecule has 1 N–H and O–H groups in total. The van der Waals surface area contributed by atoms with Gasteiger partial charge in [-0.05, 0) is 30.0 Å². The molecular weight excluding hydrogens is 345 g/mol. The molecule has 0 fully saturated rings. The molecule has 0 unspecified atom stereocenters. The SMILES string of the molecule is COc1cc(F)c(NS(=O)(=O)c2ccc(CC(C)C)cc2)cc1OC. The predicted octanol–water partition coefficient (Wildman–Crippen LogP) is 3.84. The first-order valence-corrected chi connectivity index (χ1v) is 9.28. The van der Waals surface area contributed by atoms with Gasteiger partial charge in [0.25, 0.3) is 10.0 Å². The van der Waals surface area contributed by atoms with Gasteiger partial charge in [0.1, 0.15) is 0 Å². The summed E-state index contributed by atoms with van der Waals surface area (Å²) in [5.74, 6) is 0.133. The zero-order valence-electron chi connectivity index (χ0n) is 14.7. The Hall–Kier alpha value is -2.28. The maximum Gasteiger partial charge on any atom is 0.261 e. The van der Waals surface area contributed by atoms with E-state index in [-0.39, 0.29) is 22.1 Å². The fourth-order valence-corrected chi connectivity index (χ4v) is 3.47. The number of anilines is 1. The lowest BCUT2D eigenvalue weighted by Crippen LogP contribution is -2.14. The van der Waals surface area contributed by atoms with E-state index in [4.69, 9.17) is 9.47 Å². The minimum absolute atomic E-state index is 0.0641. The highest BCUT2D eigenvalue weighted by Crippen LogP contribution is 2.33. The summed E-state index contributed by atoms with van der Waals surface area (Å²) < 4.78 is 51.4. The van der Waals surface area contributed by atoms with Crippen molar-refractivity contribution in [3.63, 3.8) is 0 Å². The highest BCUT2D eigenvalue weighted by atomic mass is 32.2. The molecule has 0 radical (unpaired) electrons. The molecule has 0 spiro atoms. The van der Waals surface area contributed by atoms with Crippen molar-refractivity contribution < 1.29 is 22.3 Å². The van der Waals surface area contributed by atoms with Crippen LogP contribution in [0.15, 0.2) is 41.3 Å². The summed E-state index contributed by atoms with van der Waals surface area (Å²) >= 11 is 0. The van der Waals surface area contributed by atoms with Crippen LogP contribution < -0.4 is 14.2 Å². The minimum atomic E-state index is -3.91. The lowest BCUT2D eigenvalue weighted by atomic mass is 10.0. The van der Waals surface area contributed by atoms with Gasteiger partial charge < -0.3 is 9.47 Å². The van der Waals surface area contributed by atoms with E-state index in [1.54, 1.807) is 12.1 Å². The number of nitrogens with one attached hydrogen (secondary N) is 1. The highest BCUT2D eigenvalue weighted by Gasteiger charge is 2.19. The van der Waals surface area contributed by atoms with Crippen molar-refractivity contribution in [1.29, 1.82) is 0 Å². The van der Waals surface area contributed by atoms with Gasteiger partial charge >= 0.3 is 0 Å². The van der Waals surface area contributed by atoms with Crippen molar-refractivity contribution >= 4 is 15.7 Å². The van der Waals surface area contributed by atoms with Gasteiger partial charge in [0.15, 0.2) is 17.3 Å². The Kier molecular flexibility index (Phi) is 5.89. The quantitative estimate of drug-likeness (QED) is 0.807. The molecule has 0 aliphatic heterocycles. The number of benzene rings is 2. The van der Waals surface area contributed by atoms with Gasteiger partial charge in [0.05, 0.1) is 24.8 Å². The molecular formula is C18H22FNO4S. The normalized spacial score (nSPS) is 11.4. The van der Waals surface area contributed by atoms with Crippen LogP contribution in [0.2, 0.25) is 0 Å². The summed E-state index contributed by atoms with van der Waals surface area (Å²) in [5, 5.41) is 0. The number of hydrogen-bond acceptors (Lipinski definition) is 4. The Bertz CT molecular complexity index is 833. The molecule has 0 aliphatic carbocycles. The molecule has 0 saturated carbocycles. The summed E-state index contributed by atoms with van der Waals surface area (Å²) in [6, 6.07) is 8.87. The van der Waals surface area contributed by atoms with E-state index in [0.29, 0.717) is 5.92 Å². The second-order valence-electron chi connectivity index (χ2n) is 6.03. The topological polar surface area (TPSA) is 64.6 Å². The lowest BCUT2D eigenvalue weighted by molar-refractivity contribution is 0.353. The number of halogens is 1. The fraction of sp³-hybridized carbons (Fsp3) is 0.333. The van der Waals surface area contributed by atoms with Crippen molar-refractivity contribution in [3.8, 4) is 11.5 Å². The number of rotatable bonds is 7. The van der Waals surface area contributed by atoms with Crippen LogP contribution in [0.3, 0.4) is 0 Å². The Morgan fingerprint density at radius 3 is 2.12 bits per heavy atom. The van der Waals surface area contributed by atoms with Crippen LogP contribution in [-0.2, 0) is 16.4 Å². The van der Waals surface area contributed by atoms with E-state index in [0.717, 1.165) is 18.1 Å². The average molecular weight is 367 g/mol. The zero-order valence-corrected chi connectivity index (χ0v) is 15.5. The first-order valence-electron chi connectivity index (χ1n) is 7.80. The van der Waals surface area contributed by atoms with E-state index in [1.807, 2.05) is 0 Å². The second kappa shape index (κ2) is 7.74. The Morgan fingerprint density at radius 2 is 1.60 bits per heavy atom. The number of sulfonamides is 1. The molecule has 0 amide bonds. The van der Waals surface area contributed by atoms with Crippen LogP contribution in [0.25, 0.3) is 0 Å². The molecule has 0 atom stereocenters. The summed E-state index contributed by atoms with van der Waals surface area (Å²) in [6.45, 7) is 4.18. The van der Waals surface area contributed by atoms with Gasteiger partial charge in [-0.25, -0.2) is 12.8 Å². The summed E-state index contributed by atoms with van der Waals surface area (Å²) in [5.41, 5.74) is 0.843. The minimum Gasteiger partial charge on any atom is -0.493 e. The van der Waals surface area contributed by atoms with Gasteiger partial charge in [0, 0.05) is 12.1 Å². The third-order valence-electron chi connectivity index (χ3n) is 3.60. The molecule has 0 aliphatic rings. The molecule has 2 aromatic carbocycles. The van der Waals surface area contributed by atoms with Crippen molar-refractivity contribution in [3.05, 3.63) is 47.8 Å². The van der Waals surface area contributed by atoms with Crippen LogP contribution in [0.1, 0.15) is 19.4 Å². The van der Waals surface area contributed by atoms with E-state index < -0.39 is 15.8 Å². The number of hydrogen-bond donors (Lipinski definition) is 1. The molecule has 0 aromatic heterocycles. The molecule has 2 aromatic rings. The summed E-state index contributed by atoms with van der Waals surface area (Å²) in [4.78, 5) is 0.0641.